The lowest BCUT2D eigenvalue weighted by Gasteiger charge is -1.80. The number of hydrogen-bond donors (Lipinski definition) is 0. The van der Waals surface area contributed by atoms with Crippen molar-refractivity contribution in [1.29, 1.82) is 0 Å². The van der Waals surface area contributed by atoms with Crippen LogP contribution in [0, 0.1) is 0 Å². The van der Waals surface area contributed by atoms with Gasteiger partial charge in [-0.2, -0.15) is 32.9 Å². The van der Waals surface area contributed by atoms with Crippen LogP contribution in [0.1, 0.15) is 11.1 Å². The summed E-state index contributed by atoms with van der Waals surface area (Å²) >= 11 is 3.31. The van der Waals surface area contributed by atoms with Gasteiger partial charge in [0.15, 0.2) is 0 Å². The maximum atomic E-state index is 3.94. The highest BCUT2D eigenvalue weighted by Gasteiger charge is 1.85. The number of rotatable bonds is 3. The summed E-state index contributed by atoms with van der Waals surface area (Å²) in [6.45, 7) is 0. The highest BCUT2D eigenvalue weighted by molar-refractivity contribution is 7.08. The van der Waals surface area contributed by atoms with E-state index in [-0.39, 0.29) is 0 Å². The molecule has 0 spiro atoms. The first-order valence-corrected chi connectivity index (χ1v) is 5.94. The van der Waals surface area contributed by atoms with Crippen molar-refractivity contribution in [1.82, 2.24) is 0 Å². The molecule has 0 N–H and O–H groups in total. The van der Waals surface area contributed by atoms with E-state index in [0.717, 1.165) is 11.1 Å². The van der Waals surface area contributed by atoms with E-state index in [1.807, 2.05) is 33.7 Å². The highest BCUT2D eigenvalue weighted by Crippen LogP contribution is 2.03. The molecule has 0 unspecified atom stereocenters. The summed E-state index contributed by atoms with van der Waals surface area (Å²) in [4.78, 5) is 0. The molecule has 70 valence electrons. The summed E-state index contributed by atoms with van der Waals surface area (Å²) in [5, 5.41) is 16.0. The molecule has 0 aliphatic heterocycles. The van der Waals surface area contributed by atoms with Crippen LogP contribution in [0.3, 0.4) is 0 Å². The molecule has 14 heavy (non-hydrogen) atoms. The lowest BCUT2D eigenvalue weighted by atomic mass is 10.4. The van der Waals surface area contributed by atoms with E-state index in [1.54, 1.807) is 35.1 Å². The molecule has 0 saturated heterocycles. The van der Waals surface area contributed by atoms with E-state index in [2.05, 4.69) is 10.2 Å². The van der Waals surface area contributed by atoms with Crippen molar-refractivity contribution in [2.45, 2.75) is 0 Å². The smallest absolute Gasteiger partial charge is 0.0576 e. The lowest BCUT2D eigenvalue weighted by molar-refractivity contribution is 1.27. The minimum absolute atomic E-state index is 1.09. The fraction of sp³-hybridized carbons (Fsp3) is 0. The van der Waals surface area contributed by atoms with Gasteiger partial charge in [0.05, 0.1) is 12.4 Å². The second-order valence-corrected chi connectivity index (χ2v) is 4.16. The first-order valence-electron chi connectivity index (χ1n) is 4.06. The van der Waals surface area contributed by atoms with Gasteiger partial charge in [0.2, 0.25) is 0 Å². The predicted octanol–water partition coefficient (Wildman–Crippen LogP) is 3.26. The molecular weight excluding hydrogens is 212 g/mol. The van der Waals surface area contributed by atoms with Gasteiger partial charge in [-0.1, -0.05) is 0 Å². The summed E-state index contributed by atoms with van der Waals surface area (Å²) in [7, 11) is 0. The largest absolute Gasteiger partial charge is 0.158 e. The van der Waals surface area contributed by atoms with Gasteiger partial charge in [-0.25, -0.2) is 0 Å². The monoisotopic (exact) mass is 220 g/mol. The van der Waals surface area contributed by atoms with Crippen molar-refractivity contribution >= 4 is 35.1 Å². The number of nitrogens with zero attached hydrogens (tertiary/aromatic N) is 2. The Balaban J connectivity index is 1.94. The van der Waals surface area contributed by atoms with Gasteiger partial charge in [-0.15, -0.1) is 0 Å². The minimum atomic E-state index is 1.09. The van der Waals surface area contributed by atoms with Crippen LogP contribution in [-0.4, -0.2) is 12.4 Å². The third-order valence-electron chi connectivity index (χ3n) is 1.57. The van der Waals surface area contributed by atoms with Gasteiger partial charge < -0.3 is 0 Å². The van der Waals surface area contributed by atoms with Crippen molar-refractivity contribution < 1.29 is 0 Å². The maximum Gasteiger partial charge on any atom is 0.0576 e. The summed E-state index contributed by atoms with van der Waals surface area (Å²) in [5.74, 6) is 0. The van der Waals surface area contributed by atoms with Gasteiger partial charge in [-0.3, -0.25) is 0 Å². The molecule has 0 radical (unpaired) electrons. The van der Waals surface area contributed by atoms with Gasteiger partial charge in [0.1, 0.15) is 0 Å². The Morgan fingerprint density at radius 3 is 1.71 bits per heavy atom. The Morgan fingerprint density at radius 1 is 0.857 bits per heavy atom. The van der Waals surface area contributed by atoms with Crippen molar-refractivity contribution in [3.05, 3.63) is 44.8 Å². The van der Waals surface area contributed by atoms with E-state index < -0.39 is 0 Å². The van der Waals surface area contributed by atoms with Crippen LogP contribution in [-0.2, 0) is 0 Å². The normalized spacial score (nSPS) is 11.7. The molecule has 2 heterocycles. The molecule has 0 atom stereocenters. The van der Waals surface area contributed by atoms with Crippen LogP contribution in [0.25, 0.3) is 0 Å². The average Bonchev–Trinajstić information content (AvgIpc) is 2.86. The van der Waals surface area contributed by atoms with Gasteiger partial charge >= 0.3 is 0 Å². The van der Waals surface area contributed by atoms with E-state index in [4.69, 9.17) is 0 Å². The van der Waals surface area contributed by atoms with Crippen LogP contribution >= 0.6 is 22.7 Å². The summed E-state index contributed by atoms with van der Waals surface area (Å²) < 4.78 is 0. The van der Waals surface area contributed by atoms with Crippen LogP contribution in [0.5, 0.6) is 0 Å². The Bertz CT molecular complexity index is 371. The van der Waals surface area contributed by atoms with Gasteiger partial charge in [-0.05, 0) is 33.7 Å². The Kier molecular flexibility index (Phi) is 3.21. The second kappa shape index (κ2) is 4.83. The molecule has 0 saturated carbocycles. The minimum Gasteiger partial charge on any atom is -0.158 e. The molecule has 0 amide bonds. The van der Waals surface area contributed by atoms with Crippen LogP contribution in [0.4, 0.5) is 0 Å². The first kappa shape index (κ1) is 9.30. The van der Waals surface area contributed by atoms with Crippen LogP contribution in [0.15, 0.2) is 43.9 Å². The Morgan fingerprint density at radius 2 is 1.36 bits per heavy atom. The van der Waals surface area contributed by atoms with E-state index in [9.17, 15) is 0 Å². The number of thiophene rings is 2. The van der Waals surface area contributed by atoms with Gasteiger partial charge in [0, 0.05) is 11.1 Å². The van der Waals surface area contributed by atoms with E-state index in [0.29, 0.717) is 0 Å². The molecule has 4 heteroatoms. The Hall–Kier alpha value is -1.26. The molecule has 2 aromatic heterocycles. The first-order chi connectivity index (χ1) is 6.95. The molecule has 2 aromatic rings. The van der Waals surface area contributed by atoms with Crippen LogP contribution in [0.2, 0.25) is 0 Å². The van der Waals surface area contributed by atoms with Crippen molar-refractivity contribution in [2.75, 3.05) is 0 Å². The standard InChI is InChI=1S/C10H8N2S2/c1-3-13-7-9(1)5-11-12-6-10-2-4-14-8-10/h1-8H/b11-5+,12-6+. The summed E-state index contributed by atoms with van der Waals surface area (Å²) in [6, 6.07) is 4.02. The number of hydrogen-bond acceptors (Lipinski definition) is 4. The van der Waals surface area contributed by atoms with Crippen LogP contribution < -0.4 is 0 Å². The molecule has 2 rings (SSSR count). The Labute approximate surface area is 90.3 Å². The average molecular weight is 220 g/mol. The molecule has 0 aliphatic carbocycles. The molecule has 2 nitrogen and oxygen atoms in total. The second-order valence-electron chi connectivity index (χ2n) is 2.60. The third-order valence-corrected chi connectivity index (χ3v) is 2.97. The topological polar surface area (TPSA) is 24.7 Å². The maximum absolute atomic E-state index is 3.94. The molecule has 0 bridgehead atoms. The zero-order valence-corrected chi connectivity index (χ0v) is 8.96. The third kappa shape index (κ3) is 2.61. The van der Waals surface area contributed by atoms with Gasteiger partial charge in [0.25, 0.3) is 0 Å². The highest BCUT2D eigenvalue weighted by atomic mass is 32.1. The fourth-order valence-electron chi connectivity index (χ4n) is 0.897. The zero-order chi connectivity index (χ0) is 9.64. The summed E-state index contributed by atoms with van der Waals surface area (Å²) in [6.07, 6.45) is 3.50. The quantitative estimate of drug-likeness (QED) is 0.560. The SMILES string of the molecule is C(=N\N=C\c1ccsc1)/c1ccsc1. The zero-order valence-electron chi connectivity index (χ0n) is 7.33. The van der Waals surface area contributed by atoms with Crippen molar-refractivity contribution in [2.24, 2.45) is 10.2 Å². The summed E-state index contributed by atoms with van der Waals surface area (Å²) in [5.41, 5.74) is 2.19. The molecule has 0 fully saturated rings. The van der Waals surface area contributed by atoms with Crippen molar-refractivity contribution in [3.63, 3.8) is 0 Å². The fourth-order valence-corrected chi connectivity index (χ4v) is 2.12. The predicted molar refractivity (Wildman–Crippen MR) is 63.8 cm³/mol. The van der Waals surface area contributed by atoms with E-state index >= 15 is 0 Å². The molecule has 0 aliphatic rings. The molecular formula is C10H8N2S2. The molecule has 0 aromatic carbocycles. The van der Waals surface area contributed by atoms with Crippen molar-refractivity contribution in [3.8, 4) is 0 Å². The van der Waals surface area contributed by atoms with E-state index in [1.165, 1.54) is 0 Å². The lowest BCUT2D eigenvalue weighted by Crippen LogP contribution is -1.74.